The summed E-state index contributed by atoms with van der Waals surface area (Å²) >= 11 is 0. The number of furan rings is 1. The van der Waals surface area contributed by atoms with Gasteiger partial charge in [-0.15, -0.1) is 0 Å². The van der Waals surface area contributed by atoms with Gasteiger partial charge in [0.25, 0.3) is 5.91 Å². The summed E-state index contributed by atoms with van der Waals surface area (Å²) in [6, 6.07) is 12.6. The molecule has 158 valence electrons. The fourth-order valence-corrected chi connectivity index (χ4v) is 4.80. The Bertz CT molecular complexity index is 998. The van der Waals surface area contributed by atoms with E-state index < -0.39 is 0 Å². The minimum atomic E-state index is -0.0224. The van der Waals surface area contributed by atoms with Crippen molar-refractivity contribution in [2.75, 3.05) is 13.1 Å². The van der Waals surface area contributed by atoms with E-state index in [0.717, 1.165) is 48.4 Å². The van der Waals surface area contributed by atoms with Crippen LogP contribution in [0.3, 0.4) is 0 Å². The Morgan fingerprint density at radius 3 is 2.77 bits per heavy atom. The number of rotatable bonds is 4. The fourth-order valence-electron chi connectivity index (χ4n) is 4.80. The fraction of sp³-hybridized carbons (Fsp3) is 0.478. The number of hydrogen-bond acceptors (Lipinski definition) is 5. The molecule has 0 spiro atoms. The van der Waals surface area contributed by atoms with Gasteiger partial charge in [-0.1, -0.05) is 12.1 Å². The summed E-state index contributed by atoms with van der Waals surface area (Å²) in [5, 5.41) is 0. The van der Waals surface area contributed by atoms with E-state index in [4.69, 9.17) is 9.40 Å². The lowest BCUT2D eigenvalue weighted by Gasteiger charge is -2.31. The first-order chi connectivity index (χ1) is 14.6. The summed E-state index contributed by atoms with van der Waals surface area (Å²) in [5.74, 6) is 2.92. The Balaban J connectivity index is 1.27. The first-order valence-electron chi connectivity index (χ1n) is 10.9. The van der Waals surface area contributed by atoms with Crippen molar-refractivity contribution in [3.63, 3.8) is 0 Å². The zero-order valence-electron chi connectivity index (χ0n) is 17.5. The van der Waals surface area contributed by atoms with Gasteiger partial charge in [0, 0.05) is 37.5 Å². The highest BCUT2D eigenvalue weighted by Gasteiger charge is 2.32. The number of hydrazine groups is 1. The Labute approximate surface area is 176 Å². The number of likely N-dealkylation sites (tertiary alicyclic amines) is 1. The number of aromatic amines is 1. The number of nitrogens with one attached hydrogen (secondary N) is 3. The van der Waals surface area contributed by atoms with Crippen LogP contribution in [0, 0.1) is 5.92 Å². The number of H-pyrrole nitrogens is 1. The normalized spacial score (nSPS) is 27.1. The van der Waals surface area contributed by atoms with Gasteiger partial charge in [-0.3, -0.25) is 15.6 Å². The average Bonchev–Trinajstić information content (AvgIpc) is 3.48. The van der Waals surface area contributed by atoms with Crippen LogP contribution in [0.5, 0.6) is 0 Å². The largest absolute Gasteiger partial charge is 0.456 e. The molecule has 0 aliphatic carbocycles. The number of benzene rings is 1. The van der Waals surface area contributed by atoms with E-state index in [1.165, 1.54) is 0 Å². The average molecular weight is 408 g/mol. The lowest BCUT2D eigenvalue weighted by Crippen LogP contribution is -2.39. The third-order valence-corrected chi connectivity index (χ3v) is 6.64. The van der Waals surface area contributed by atoms with Crippen molar-refractivity contribution in [3.05, 3.63) is 53.7 Å². The zero-order valence-corrected chi connectivity index (χ0v) is 17.5. The van der Waals surface area contributed by atoms with Gasteiger partial charge in [-0.25, -0.2) is 4.98 Å². The highest BCUT2D eigenvalue weighted by atomic mass is 16.4. The van der Waals surface area contributed by atoms with Crippen LogP contribution in [0.4, 0.5) is 0 Å². The molecule has 2 fully saturated rings. The summed E-state index contributed by atoms with van der Waals surface area (Å²) in [7, 11) is 0. The van der Waals surface area contributed by atoms with E-state index in [0.29, 0.717) is 30.3 Å². The molecule has 4 heterocycles. The van der Waals surface area contributed by atoms with Gasteiger partial charge in [0.05, 0.1) is 11.0 Å². The third-order valence-electron chi connectivity index (χ3n) is 6.64. The van der Waals surface area contributed by atoms with Gasteiger partial charge >= 0.3 is 0 Å². The third kappa shape index (κ3) is 3.63. The summed E-state index contributed by atoms with van der Waals surface area (Å²) in [5.41, 5.74) is 8.58. The summed E-state index contributed by atoms with van der Waals surface area (Å²) in [6.45, 7) is 5.76. The van der Waals surface area contributed by atoms with Crippen molar-refractivity contribution in [2.24, 2.45) is 5.92 Å². The molecule has 2 aromatic heterocycles. The molecule has 2 saturated heterocycles. The van der Waals surface area contributed by atoms with E-state index in [2.05, 4.69) is 29.7 Å². The van der Waals surface area contributed by atoms with Crippen LogP contribution in [-0.4, -0.2) is 45.9 Å². The Kier molecular flexibility index (Phi) is 5.08. The molecule has 5 rings (SSSR count). The molecule has 3 unspecified atom stereocenters. The minimum Gasteiger partial charge on any atom is -0.456 e. The Morgan fingerprint density at radius 1 is 1.17 bits per heavy atom. The smallest absolute Gasteiger partial charge is 0.289 e. The summed E-state index contributed by atoms with van der Waals surface area (Å²) in [4.78, 5) is 23.2. The Hall–Kier alpha value is -2.64. The van der Waals surface area contributed by atoms with Crippen LogP contribution in [-0.2, 0) is 6.42 Å². The molecule has 7 heteroatoms. The molecule has 3 atom stereocenters. The first kappa shape index (κ1) is 19.3. The van der Waals surface area contributed by atoms with E-state index >= 15 is 0 Å². The molecule has 30 heavy (non-hydrogen) atoms. The zero-order chi connectivity index (χ0) is 20.7. The predicted octanol–water partition coefficient (Wildman–Crippen LogP) is 3.22. The summed E-state index contributed by atoms with van der Waals surface area (Å²) in [6.07, 6.45) is 2.82. The maximum atomic E-state index is 13.1. The second-order valence-corrected chi connectivity index (χ2v) is 8.73. The molecule has 2 aliphatic rings. The number of amides is 1. The second kappa shape index (κ2) is 7.89. The number of fused-ring (bicyclic) bond motifs is 1. The van der Waals surface area contributed by atoms with E-state index in [9.17, 15) is 4.79 Å². The highest BCUT2D eigenvalue weighted by Crippen LogP contribution is 2.28. The van der Waals surface area contributed by atoms with E-state index in [-0.39, 0.29) is 11.8 Å². The van der Waals surface area contributed by atoms with Gasteiger partial charge in [0.15, 0.2) is 5.76 Å². The van der Waals surface area contributed by atoms with Crippen LogP contribution in [0.2, 0.25) is 0 Å². The van der Waals surface area contributed by atoms with Crippen molar-refractivity contribution in [1.82, 2.24) is 25.7 Å². The van der Waals surface area contributed by atoms with E-state index in [1.807, 2.05) is 41.3 Å². The van der Waals surface area contributed by atoms with Crippen LogP contribution >= 0.6 is 0 Å². The first-order valence-corrected chi connectivity index (χ1v) is 10.9. The monoisotopic (exact) mass is 407 g/mol. The number of nitrogens with zero attached hydrogens (tertiary/aromatic N) is 2. The molecule has 2 aliphatic heterocycles. The van der Waals surface area contributed by atoms with Crippen LogP contribution in [0.15, 0.2) is 40.8 Å². The maximum Gasteiger partial charge on any atom is 0.289 e. The number of carbonyl (C=O) groups is 1. The van der Waals surface area contributed by atoms with Crippen molar-refractivity contribution in [2.45, 2.75) is 51.1 Å². The van der Waals surface area contributed by atoms with Gasteiger partial charge < -0.3 is 14.3 Å². The predicted molar refractivity (Wildman–Crippen MR) is 115 cm³/mol. The molecule has 1 amide bonds. The molecule has 0 bridgehead atoms. The SMILES string of the molecule is CC1NNC(C)C1Cc1ccc(C(=O)N2CCCC(c3nc4ccccc4[nH]3)C2)o1. The minimum absolute atomic E-state index is 0.0224. The van der Waals surface area contributed by atoms with Gasteiger partial charge in [0.1, 0.15) is 11.6 Å². The Morgan fingerprint density at radius 2 is 1.97 bits per heavy atom. The van der Waals surface area contributed by atoms with Crippen LogP contribution in [0.1, 0.15) is 54.7 Å². The number of carbonyl (C=O) groups excluding carboxylic acids is 1. The number of imidazole rings is 1. The highest BCUT2D eigenvalue weighted by molar-refractivity contribution is 5.91. The summed E-state index contributed by atoms with van der Waals surface area (Å²) < 4.78 is 5.98. The molecular weight excluding hydrogens is 378 g/mol. The molecule has 1 aromatic carbocycles. The molecular formula is C23H29N5O2. The topological polar surface area (TPSA) is 86.2 Å². The standard InChI is InChI=1S/C23H29N5O2/c1-14-18(15(2)27-26-14)12-17-9-10-21(30-17)23(29)28-11-5-6-16(13-28)22-24-19-7-3-4-8-20(19)25-22/h3-4,7-10,14-16,18,26-27H,5-6,11-13H2,1-2H3,(H,24,25). The molecule has 0 saturated carbocycles. The van der Waals surface area contributed by atoms with Crippen molar-refractivity contribution < 1.29 is 9.21 Å². The van der Waals surface area contributed by atoms with E-state index in [1.54, 1.807) is 0 Å². The van der Waals surface area contributed by atoms with Gasteiger partial charge in [-0.2, -0.15) is 0 Å². The van der Waals surface area contributed by atoms with Crippen molar-refractivity contribution in [3.8, 4) is 0 Å². The number of aromatic nitrogens is 2. The number of hydrogen-bond donors (Lipinski definition) is 3. The lowest BCUT2D eigenvalue weighted by molar-refractivity contribution is 0.0670. The quantitative estimate of drug-likeness (QED) is 0.618. The molecule has 7 nitrogen and oxygen atoms in total. The molecule has 0 radical (unpaired) electrons. The van der Waals surface area contributed by atoms with Crippen LogP contribution in [0.25, 0.3) is 11.0 Å². The van der Waals surface area contributed by atoms with Crippen molar-refractivity contribution >= 4 is 16.9 Å². The van der Waals surface area contributed by atoms with Crippen LogP contribution < -0.4 is 10.9 Å². The number of para-hydroxylation sites is 2. The second-order valence-electron chi connectivity index (χ2n) is 8.73. The molecule has 3 aromatic rings. The number of piperidine rings is 1. The van der Waals surface area contributed by atoms with Gasteiger partial charge in [0.2, 0.25) is 0 Å². The van der Waals surface area contributed by atoms with Gasteiger partial charge in [-0.05, 0) is 56.9 Å². The van der Waals surface area contributed by atoms with Crippen molar-refractivity contribution in [1.29, 1.82) is 0 Å². The molecule has 3 N–H and O–H groups in total. The maximum absolute atomic E-state index is 13.1. The lowest BCUT2D eigenvalue weighted by atomic mass is 9.92.